The predicted molar refractivity (Wildman–Crippen MR) is 168 cm³/mol. The van der Waals surface area contributed by atoms with Gasteiger partial charge in [0.05, 0.1) is 31.3 Å². The summed E-state index contributed by atoms with van der Waals surface area (Å²) in [7, 11) is -0.473. The van der Waals surface area contributed by atoms with E-state index < -0.39 is 7.14 Å². The first-order valence-electron chi connectivity index (χ1n) is 15.5. The highest BCUT2D eigenvalue weighted by atomic mass is 35.5. The zero-order valence-electron chi connectivity index (χ0n) is 25.2. The number of methoxy groups -OCH3 is 1. The highest BCUT2D eigenvalue weighted by Crippen LogP contribution is 2.49. The molecule has 4 rings (SSSR count). The molecule has 2 aliphatic carbocycles. The Morgan fingerprint density at radius 3 is 2.56 bits per heavy atom. The SMILES string of the molecule is C=CC(=O)NC1CC(NC2NCC(Cl)C(NC3CCCCC3P(C)(C)=O)N2)C(OC)CC1C#CCN1CCCCC1. The van der Waals surface area contributed by atoms with Crippen molar-refractivity contribution in [1.82, 2.24) is 31.5 Å². The van der Waals surface area contributed by atoms with Gasteiger partial charge in [0.2, 0.25) is 5.91 Å². The number of nitrogens with zero attached hydrogens (tertiary/aromatic N) is 1. The van der Waals surface area contributed by atoms with Crippen molar-refractivity contribution >= 4 is 24.7 Å². The van der Waals surface area contributed by atoms with E-state index in [-0.39, 0.29) is 59.5 Å². The highest BCUT2D eigenvalue weighted by Gasteiger charge is 2.41. The van der Waals surface area contributed by atoms with E-state index in [0.29, 0.717) is 13.0 Å². The number of carbonyl (C=O) groups is 1. The maximum absolute atomic E-state index is 13.0. The van der Waals surface area contributed by atoms with Crippen molar-refractivity contribution in [1.29, 1.82) is 0 Å². The first kappa shape index (κ1) is 33.0. The van der Waals surface area contributed by atoms with E-state index in [9.17, 15) is 9.36 Å². The molecule has 5 N–H and O–H groups in total. The number of piperidine rings is 1. The van der Waals surface area contributed by atoms with Crippen LogP contribution < -0.4 is 26.6 Å². The van der Waals surface area contributed by atoms with Crippen LogP contribution in [-0.4, -0.2) is 105 Å². The molecule has 1 amide bonds. The third-order valence-corrected chi connectivity index (χ3v) is 11.9. The van der Waals surface area contributed by atoms with Crippen LogP contribution in [0.2, 0.25) is 0 Å². The van der Waals surface area contributed by atoms with Crippen molar-refractivity contribution in [2.24, 2.45) is 5.92 Å². The molecular formula is C30H52ClN6O3P. The van der Waals surface area contributed by atoms with Crippen LogP contribution in [-0.2, 0) is 14.1 Å². The number of nitrogens with one attached hydrogen (secondary N) is 5. The van der Waals surface area contributed by atoms with Crippen LogP contribution >= 0.6 is 18.7 Å². The molecule has 2 aliphatic heterocycles. The predicted octanol–water partition coefficient (Wildman–Crippen LogP) is 2.46. The Bertz CT molecular complexity index is 979. The Morgan fingerprint density at radius 2 is 1.85 bits per heavy atom. The number of ether oxygens (including phenoxy) is 1. The molecule has 2 saturated heterocycles. The normalized spacial score (nSPS) is 37.0. The fraction of sp³-hybridized carbons (Fsp3) is 0.833. The topological polar surface area (TPSA) is 107 Å². The molecule has 0 aromatic carbocycles. The number of alkyl halides is 1. The molecule has 4 aliphatic rings. The fourth-order valence-electron chi connectivity index (χ4n) is 7.02. The summed E-state index contributed by atoms with van der Waals surface area (Å²) >= 11 is 6.76. The number of hydrogen-bond donors (Lipinski definition) is 5. The second-order valence-electron chi connectivity index (χ2n) is 12.7. The van der Waals surface area contributed by atoms with Crippen molar-refractivity contribution in [3.05, 3.63) is 12.7 Å². The van der Waals surface area contributed by atoms with Crippen LogP contribution in [0.3, 0.4) is 0 Å². The molecule has 2 saturated carbocycles. The number of amides is 1. The maximum atomic E-state index is 13.0. The van der Waals surface area contributed by atoms with Gasteiger partial charge < -0.3 is 14.6 Å². The van der Waals surface area contributed by atoms with Crippen molar-refractivity contribution in [2.75, 3.05) is 46.6 Å². The Hall–Kier alpha value is -0.950. The summed E-state index contributed by atoms with van der Waals surface area (Å²) in [4.78, 5) is 14.8. The van der Waals surface area contributed by atoms with Gasteiger partial charge in [-0.05, 0) is 71.0 Å². The van der Waals surface area contributed by atoms with Gasteiger partial charge in [0.1, 0.15) is 6.29 Å². The molecule has 232 valence electrons. The van der Waals surface area contributed by atoms with E-state index in [1.165, 1.54) is 25.3 Å². The zero-order chi connectivity index (χ0) is 29.4. The summed E-state index contributed by atoms with van der Waals surface area (Å²) in [6.45, 7) is 11.1. The summed E-state index contributed by atoms with van der Waals surface area (Å²) in [5.41, 5.74) is 0.182. The Balaban J connectivity index is 1.39. The monoisotopic (exact) mass is 610 g/mol. The van der Waals surface area contributed by atoms with Crippen LogP contribution in [0, 0.1) is 17.8 Å². The molecule has 2 heterocycles. The average molecular weight is 611 g/mol. The summed E-state index contributed by atoms with van der Waals surface area (Å²) in [6.07, 6.45) is 10.4. The Labute approximate surface area is 252 Å². The summed E-state index contributed by atoms with van der Waals surface area (Å²) in [6, 6.07) is 0.0655. The molecule has 0 radical (unpaired) electrons. The molecule has 9 unspecified atom stereocenters. The lowest BCUT2D eigenvalue weighted by molar-refractivity contribution is -0.118. The molecule has 4 fully saturated rings. The largest absolute Gasteiger partial charge is 0.380 e. The smallest absolute Gasteiger partial charge is 0.243 e. The molecule has 0 bridgehead atoms. The molecule has 0 spiro atoms. The van der Waals surface area contributed by atoms with Gasteiger partial charge in [0, 0.05) is 43.4 Å². The maximum Gasteiger partial charge on any atom is 0.243 e. The van der Waals surface area contributed by atoms with Crippen LogP contribution in [0.5, 0.6) is 0 Å². The molecule has 0 aromatic heterocycles. The van der Waals surface area contributed by atoms with Gasteiger partial charge in [-0.2, -0.15) is 0 Å². The Kier molecular flexibility index (Phi) is 12.6. The summed E-state index contributed by atoms with van der Waals surface area (Å²) in [5.74, 6) is 6.71. The van der Waals surface area contributed by atoms with Crippen molar-refractivity contribution in [3.63, 3.8) is 0 Å². The lowest BCUT2D eigenvalue weighted by atomic mass is 9.79. The molecule has 41 heavy (non-hydrogen) atoms. The van der Waals surface area contributed by atoms with Gasteiger partial charge in [-0.25, -0.2) is 0 Å². The van der Waals surface area contributed by atoms with Gasteiger partial charge in [0.25, 0.3) is 0 Å². The van der Waals surface area contributed by atoms with Gasteiger partial charge >= 0.3 is 0 Å². The molecule has 0 aromatic rings. The standard InChI is InChI=1S/C30H52ClN6O3P/c1-5-28(38)33-24-19-25(26(40-2)18-21(24)12-11-17-37-15-9-6-10-16-37)35-30-32-20-22(31)29(36-30)34-23-13-7-8-14-27(23)41(3,4)39/h5,21-27,29-30,32,34-36H,1,6-10,13-20H2,2-4H3,(H,33,38). The highest BCUT2D eigenvalue weighted by molar-refractivity contribution is 7.63. The van der Waals surface area contributed by atoms with E-state index in [0.717, 1.165) is 51.7 Å². The van der Waals surface area contributed by atoms with Gasteiger partial charge in [-0.15, -0.1) is 11.6 Å². The minimum absolute atomic E-state index is 0.00242. The van der Waals surface area contributed by atoms with E-state index in [1.807, 2.05) is 13.3 Å². The summed E-state index contributed by atoms with van der Waals surface area (Å²) < 4.78 is 19.0. The van der Waals surface area contributed by atoms with Crippen LogP contribution in [0.1, 0.15) is 57.8 Å². The van der Waals surface area contributed by atoms with Crippen LogP contribution in [0.4, 0.5) is 0 Å². The number of carbonyl (C=O) groups excluding carboxylic acids is 1. The average Bonchev–Trinajstić information content (AvgIpc) is 2.96. The van der Waals surface area contributed by atoms with Gasteiger partial charge in [-0.1, -0.05) is 37.7 Å². The minimum atomic E-state index is -2.22. The molecule has 9 atom stereocenters. The lowest BCUT2D eigenvalue weighted by Crippen LogP contribution is -2.72. The van der Waals surface area contributed by atoms with E-state index in [1.54, 1.807) is 7.11 Å². The zero-order valence-corrected chi connectivity index (χ0v) is 26.8. The molecular weight excluding hydrogens is 559 g/mol. The number of halogens is 1. The quantitative estimate of drug-likeness (QED) is 0.117. The second-order valence-corrected chi connectivity index (χ2v) is 16.8. The summed E-state index contributed by atoms with van der Waals surface area (Å²) in [5, 5.41) is 17.5. The van der Waals surface area contributed by atoms with E-state index >= 15 is 0 Å². The fourth-order valence-corrected chi connectivity index (χ4v) is 9.16. The first-order valence-corrected chi connectivity index (χ1v) is 18.7. The van der Waals surface area contributed by atoms with E-state index in [4.69, 9.17) is 16.3 Å². The van der Waals surface area contributed by atoms with Gasteiger partial charge in [0.15, 0.2) is 0 Å². The minimum Gasteiger partial charge on any atom is -0.380 e. The van der Waals surface area contributed by atoms with Gasteiger partial charge in [-0.3, -0.25) is 31.0 Å². The van der Waals surface area contributed by atoms with Crippen LogP contribution in [0.15, 0.2) is 12.7 Å². The third kappa shape index (κ3) is 9.52. The number of rotatable bonds is 9. The molecule has 11 heteroatoms. The molecule has 9 nitrogen and oxygen atoms in total. The number of hydrogen-bond acceptors (Lipinski definition) is 8. The van der Waals surface area contributed by atoms with Crippen molar-refractivity contribution < 1.29 is 14.1 Å². The third-order valence-electron chi connectivity index (χ3n) is 9.31. The van der Waals surface area contributed by atoms with Crippen molar-refractivity contribution in [2.45, 2.75) is 106 Å². The van der Waals surface area contributed by atoms with Crippen molar-refractivity contribution in [3.8, 4) is 11.8 Å². The first-order chi connectivity index (χ1) is 19.7. The van der Waals surface area contributed by atoms with E-state index in [2.05, 4.69) is 49.9 Å². The van der Waals surface area contributed by atoms with Crippen LogP contribution in [0.25, 0.3) is 0 Å². The lowest BCUT2D eigenvalue weighted by Gasteiger charge is -2.45. The second kappa shape index (κ2) is 15.7. The number of likely N-dealkylation sites (tertiary alicyclic amines) is 1. The Morgan fingerprint density at radius 1 is 1.10 bits per heavy atom.